The molecule has 0 aromatic carbocycles. The second kappa shape index (κ2) is 11.6. The van der Waals surface area contributed by atoms with Crippen LogP contribution in [0.15, 0.2) is 53.6 Å². The Labute approximate surface area is 164 Å². The van der Waals surface area contributed by atoms with Gasteiger partial charge in [0.1, 0.15) is 0 Å². The second-order valence-electron chi connectivity index (χ2n) is 7.53. The Balaban J connectivity index is 1.58. The highest BCUT2D eigenvalue weighted by Gasteiger charge is 2.39. The van der Waals surface area contributed by atoms with Crippen LogP contribution in [0.5, 0.6) is 0 Å². The van der Waals surface area contributed by atoms with Crippen molar-refractivity contribution < 1.29 is 4.74 Å². The summed E-state index contributed by atoms with van der Waals surface area (Å²) in [5.74, 6) is 2.79. The molecular weight excluding hydrogens is 338 g/mol. The van der Waals surface area contributed by atoms with Crippen LogP contribution < -0.4 is 0 Å². The summed E-state index contributed by atoms with van der Waals surface area (Å²) < 4.78 is 5.45. The van der Waals surface area contributed by atoms with Crippen LogP contribution in [-0.4, -0.2) is 30.1 Å². The van der Waals surface area contributed by atoms with E-state index in [4.69, 9.17) is 9.73 Å². The third-order valence-electron chi connectivity index (χ3n) is 5.12. The maximum atomic E-state index is 5.45. The Morgan fingerprint density at radius 1 is 1.38 bits per heavy atom. The number of thioether (sulfide) groups is 1. The molecule has 0 N–H and O–H groups in total. The van der Waals surface area contributed by atoms with Gasteiger partial charge in [0.05, 0.1) is 17.2 Å². The molecule has 0 amide bonds. The molecular formula is C23H35NOS. The molecule has 4 atom stereocenters. The summed E-state index contributed by atoms with van der Waals surface area (Å²) in [7, 11) is 1.78. The van der Waals surface area contributed by atoms with Gasteiger partial charge in [-0.2, -0.15) is 0 Å². The summed E-state index contributed by atoms with van der Waals surface area (Å²) in [6, 6.07) is 0.415. The first-order valence-corrected chi connectivity index (χ1v) is 11.0. The van der Waals surface area contributed by atoms with Crippen molar-refractivity contribution >= 4 is 16.8 Å². The molecule has 0 spiro atoms. The SMILES string of the molecule is C=CC[C@@H](CC/C(C)=C/C=C/CC/C=C\[C@@H]1CSC([C@H]2C[C@H]2C)=N1)OC. The molecule has 2 nitrogen and oxygen atoms in total. The molecule has 2 aliphatic rings. The van der Waals surface area contributed by atoms with Crippen molar-refractivity contribution in [1.29, 1.82) is 0 Å². The lowest BCUT2D eigenvalue weighted by Crippen LogP contribution is -2.08. The normalized spacial score (nSPS) is 27.3. The predicted octanol–water partition coefficient (Wildman–Crippen LogP) is 6.37. The summed E-state index contributed by atoms with van der Waals surface area (Å²) >= 11 is 1.97. The minimum absolute atomic E-state index is 0.296. The van der Waals surface area contributed by atoms with Gasteiger partial charge in [-0.25, -0.2) is 0 Å². The monoisotopic (exact) mass is 373 g/mol. The molecule has 0 bridgehead atoms. The molecule has 1 saturated carbocycles. The first-order chi connectivity index (χ1) is 12.6. The van der Waals surface area contributed by atoms with Gasteiger partial charge in [-0.3, -0.25) is 4.99 Å². The van der Waals surface area contributed by atoms with E-state index in [1.165, 1.54) is 17.0 Å². The van der Waals surface area contributed by atoms with Crippen LogP contribution in [0.4, 0.5) is 0 Å². The van der Waals surface area contributed by atoms with Gasteiger partial charge in [-0.1, -0.05) is 49.0 Å². The van der Waals surface area contributed by atoms with E-state index >= 15 is 0 Å². The van der Waals surface area contributed by atoms with E-state index in [9.17, 15) is 0 Å². The van der Waals surface area contributed by atoms with E-state index in [2.05, 4.69) is 50.8 Å². The van der Waals surface area contributed by atoms with E-state index in [-0.39, 0.29) is 0 Å². The van der Waals surface area contributed by atoms with E-state index in [0.29, 0.717) is 12.1 Å². The fourth-order valence-electron chi connectivity index (χ4n) is 3.14. The van der Waals surface area contributed by atoms with Crippen LogP contribution in [-0.2, 0) is 4.74 Å². The Morgan fingerprint density at radius 2 is 2.15 bits per heavy atom. The van der Waals surface area contributed by atoms with Gasteiger partial charge >= 0.3 is 0 Å². The topological polar surface area (TPSA) is 21.6 Å². The number of rotatable bonds is 12. The number of hydrogen-bond donors (Lipinski definition) is 0. The molecule has 1 fully saturated rings. The standard InChI is InChI=1S/C23H35NOS/c1-5-11-21(25-4)15-14-18(2)12-9-7-6-8-10-13-20-17-26-23(24-20)22-16-19(22)3/h5,7,9-10,12-13,19-22H,1,6,8,11,14-17H2,2-4H3/b9-7+,13-10-,18-12+/t19-,20-,21+,22+/m1/s1. The minimum Gasteiger partial charge on any atom is -0.381 e. The Bertz CT molecular complexity index is 561. The van der Waals surface area contributed by atoms with Gasteiger partial charge in [0.15, 0.2) is 0 Å². The highest BCUT2D eigenvalue weighted by molar-refractivity contribution is 8.14. The average Bonchev–Trinajstić information content (AvgIpc) is 3.18. The molecule has 26 heavy (non-hydrogen) atoms. The molecule has 1 heterocycles. The quantitative estimate of drug-likeness (QED) is 0.225. The Kier molecular flexibility index (Phi) is 9.49. The molecule has 0 aromatic rings. The third kappa shape index (κ3) is 7.67. The molecule has 1 aliphatic carbocycles. The van der Waals surface area contributed by atoms with Gasteiger partial charge in [-0.05, 0) is 51.4 Å². The smallest absolute Gasteiger partial charge is 0.0783 e. The van der Waals surface area contributed by atoms with Gasteiger partial charge < -0.3 is 4.74 Å². The number of ether oxygens (including phenoxy) is 1. The number of methoxy groups -OCH3 is 1. The maximum absolute atomic E-state index is 5.45. The molecule has 0 saturated heterocycles. The fourth-order valence-corrected chi connectivity index (χ4v) is 4.42. The van der Waals surface area contributed by atoms with Gasteiger partial charge in [0.2, 0.25) is 0 Å². The van der Waals surface area contributed by atoms with Crippen molar-refractivity contribution in [2.75, 3.05) is 12.9 Å². The zero-order valence-corrected chi connectivity index (χ0v) is 17.5. The first-order valence-electron chi connectivity index (χ1n) is 9.97. The zero-order chi connectivity index (χ0) is 18.8. The minimum atomic E-state index is 0.296. The van der Waals surface area contributed by atoms with Crippen molar-refractivity contribution in [3.8, 4) is 0 Å². The molecule has 0 radical (unpaired) electrons. The predicted molar refractivity (Wildman–Crippen MR) is 117 cm³/mol. The number of allylic oxidation sites excluding steroid dienone is 5. The number of aliphatic imine (C=N–C) groups is 1. The second-order valence-corrected chi connectivity index (χ2v) is 8.57. The van der Waals surface area contributed by atoms with Crippen molar-refractivity contribution in [2.45, 2.75) is 64.5 Å². The fraction of sp³-hybridized carbons (Fsp3) is 0.609. The van der Waals surface area contributed by atoms with Crippen LogP contribution in [0.2, 0.25) is 0 Å². The molecule has 0 aromatic heterocycles. The van der Waals surface area contributed by atoms with Gasteiger partial charge in [0.25, 0.3) is 0 Å². The van der Waals surface area contributed by atoms with Crippen molar-refractivity contribution in [2.24, 2.45) is 16.8 Å². The lowest BCUT2D eigenvalue weighted by atomic mass is 10.1. The van der Waals surface area contributed by atoms with Crippen LogP contribution in [0.3, 0.4) is 0 Å². The highest BCUT2D eigenvalue weighted by atomic mass is 32.2. The zero-order valence-electron chi connectivity index (χ0n) is 16.7. The number of hydrogen-bond acceptors (Lipinski definition) is 3. The molecule has 3 heteroatoms. The largest absolute Gasteiger partial charge is 0.381 e. The Hall–Kier alpha value is -1.06. The molecule has 0 unspecified atom stereocenters. The summed E-state index contributed by atoms with van der Waals surface area (Å²) in [6.45, 7) is 8.31. The highest BCUT2D eigenvalue weighted by Crippen LogP contribution is 2.44. The number of nitrogens with zero attached hydrogens (tertiary/aromatic N) is 1. The summed E-state index contributed by atoms with van der Waals surface area (Å²) in [5.41, 5.74) is 1.40. The summed E-state index contributed by atoms with van der Waals surface area (Å²) in [4.78, 5) is 4.86. The Morgan fingerprint density at radius 3 is 2.85 bits per heavy atom. The van der Waals surface area contributed by atoms with Gasteiger partial charge in [0, 0.05) is 18.8 Å². The van der Waals surface area contributed by atoms with Crippen LogP contribution >= 0.6 is 11.8 Å². The summed E-state index contributed by atoms with van der Waals surface area (Å²) in [5, 5.41) is 1.41. The van der Waals surface area contributed by atoms with Crippen molar-refractivity contribution in [1.82, 2.24) is 0 Å². The molecule has 1 aliphatic heterocycles. The van der Waals surface area contributed by atoms with Crippen LogP contribution in [0, 0.1) is 11.8 Å². The molecule has 144 valence electrons. The van der Waals surface area contributed by atoms with Crippen molar-refractivity contribution in [3.05, 3.63) is 48.6 Å². The van der Waals surface area contributed by atoms with E-state index in [0.717, 1.165) is 49.7 Å². The lowest BCUT2D eigenvalue weighted by Gasteiger charge is -2.12. The first kappa shape index (κ1) is 21.2. The number of unbranched alkanes of at least 4 members (excludes halogenated alkanes) is 1. The molecule has 2 rings (SSSR count). The van der Waals surface area contributed by atoms with E-state index in [1.807, 2.05) is 17.8 Å². The maximum Gasteiger partial charge on any atom is 0.0783 e. The third-order valence-corrected chi connectivity index (χ3v) is 6.33. The van der Waals surface area contributed by atoms with Crippen molar-refractivity contribution in [3.63, 3.8) is 0 Å². The average molecular weight is 374 g/mol. The van der Waals surface area contributed by atoms with Gasteiger partial charge in [-0.15, -0.1) is 18.3 Å². The van der Waals surface area contributed by atoms with Crippen LogP contribution in [0.25, 0.3) is 0 Å². The lowest BCUT2D eigenvalue weighted by molar-refractivity contribution is 0.0981. The van der Waals surface area contributed by atoms with E-state index < -0.39 is 0 Å². The summed E-state index contributed by atoms with van der Waals surface area (Å²) in [6.07, 6.45) is 20.1. The van der Waals surface area contributed by atoms with E-state index in [1.54, 1.807) is 7.11 Å². The van der Waals surface area contributed by atoms with Crippen LogP contribution in [0.1, 0.15) is 52.4 Å².